The lowest BCUT2D eigenvalue weighted by Crippen LogP contribution is -2.45. The molecule has 0 aliphatic carbocycles. The van der Waals surface area contributed by atoms with Crippen molar-refractivity contribution >= 4 is 17.7 Å². The van der Waals surface area contributed by atoms with Gasteiger partial charge in [0.1, 0.15) is 5.76 Å². The first-order valence-electron chi connectivity index (χ1n) is 8.28. The van der Waals surface area contributed by atoms with Gasteiger partial charge in [0, 0.05) is 13.1 Å². The number of aryl methyl sites for hydroxylation is 1. The minimum Gasteiger partial charge on any atom is -0.455 e. The van der Waals surface area contributed by atoms with Gasteiger partial charge in [-0.15, -0.1) is 0 Å². The number of carbonyl (C=O) groups excluding carboxylic acids is 1. The summed E-state index contributed by atoms with van der Waals surface area (Å²) in [5.41, 5.74) is 1.30. The van der Waals surface area contributed by atoms with E-state index >= 15 is 0 Å². The monoisotopic (exact) mass is 345 g/mol. The van der Waals surface area contributed by atoms with E-state index in [0.29, 0.717) is 25.5 Å². The highest BCUT2D eigenvalue weighted by Gasteiger charge is 2.26. The van der Waals surface area contributed by atoms with Crippen LogP contribution in [0.2, 0.25) is 0 Å². The van der Waals surface area contributed by atoms with Crippen LogP contribution in [0.4, 0.5) is 0 Å². The van der Waals surface area contributed by atoms with E-state index in [1.807, 2.05) is 23.3 Å². The molecule has 1 aliphatic heterocycles. The van der Waals surface area contributed by atoms with Crippen molar-refractivity contribution in [2.24, 2.45) is 0 Å². The third-order valence-electron chi connectivity index (χ3n) is 4.18. The molecule has 0 radical (unpaired) electrons. The van der Waals surface area contributed by atoms with Crippen LogP contribution in [0.25, 0.3) is 0 Å². The summed E-state index contributed by atoms with van der Waals surface area (Å²) >= 11 is 1.68. The standard InChI is InChI=1S/C19H23NO3S/c1-24-14-17-9-10-18(23-17)19(21)20-11-12-22-16(13-20)8-7-15-5-3-2-4-6-15/h2-6,9-10,16H,7-8,11-14H2,1H3. The minimum absolute atomic E-state index is 0.0321. The van der Waals surface area contributed by atoms with Crippen LogP contribution in [0.3, 0.4) is 0 Å². The van der Waals surface area contributed by atoms with Crippen LogP contribution in [-0.4, -0.2) is 42.9 Å². The van der Waals surface area contributed by atoms with E-state index in [4.69, 9.17) is 9.15 Å². The Labute approximate surface area is 147 Å². The van der Waals surface area contributed by atoms with Gasteiger partial charge in [-0.3, -0.25) is 4.79 Å². The predicted molar refractivity (Wildman–Crippen MR) is 96.3 cm³/mol. The lowest BCUT2D eigenvalue weighted by atomic mass is 10.1. The second-order valence-electron chi connectivity index (χ2n) is 5.97. The highest BCUT2D eigenvalue weighted by Crippen LogP contribution is 2.18. The molecule has 1 aromatic carbocycles. The molecule has 1 atom stereocenters. The zero-order valence-corrected chi connectivity index (χ0v) is 14.8. The molecule has 2 aromatic rings. The maximum atomic E-state index is 12.6. The maximum absolute atomic E-state index is 12.6. The molecule has 3 rings (SSSR count). The Morgan fingerprint density at radius 3 is 2.88 bits per heavy atom. The molecule has 0 spiro atoms. The summed E-state index contributed by atoms with van der Waals surface area (Å²) in [6.07, 6.45) is 3.99. The fraction of sp³-hybridized carbons (Fsp3) is 0.421. The smallest absolute Gasteiger partial charge is 0.289 e. The van der Waals surface area contributed by atoms with Crippen molar-refractivity contribution in [1.82, 2.24) is 4.90 Å². The Balaban J connectivity index is 1.55. The third-order valence-corrected chi connectivity index (χ3v) is 4.76. The number of benzene rings is 1. The van der Waals surface area contributed by atoms with Crippen LogP contribution in [-0.2, 0) is 16.9 Å². The Kier molecular flexibility index (Phi) is 5.99. The first kappa shape index (κ1) is 17.1. The average Bonchev–Trinajstić information content (AvgIpc) is 3.09. The molecule has 2 heterocycles. The maximum Gasteiger partial charge on any atom is 0.289 e. The van der Waals surface area contributed by atoms with Crippen LogP contribution in [0.1, 0.15) is 28.3 Å². The molecule has 24 heavy (non-hydrogen) atoms. The molecule has 1 fully saturated rings. The SMILES string of the molecule is CSCc1ccc(C(=O)N2CCOC(CCc3ccccc3)C2)o1. The highest BCUT2D eigenvalue weighted by molar-refractivity contribution is 7.97. The number of hydrogen-bond donors (Lipinski definition) is 0. The van der Waals surface area contributed by atoms with E-state index in [0.717, 1.165) is 24.4 Å². The second kappa shape index (κ2) is 8.40. The molecule has 1 aromatic heterocycles. The molecular formula is C19H23NO3S. The van der Waals surface area contributed by atoms with Crippen molar-refractivity contribution < 1.29 is 13.9 Å². The Morgan fingerprint density at radius 1 is 1.25 bits per heavy atom. The zero-order valence-electron chi connectivity index (χ0n) is 13.9. The zero-order chi connectivity index (χ0) is 16.8. The largest absolute Gasteiger partial charge is 0.455 e. The molecule has 1 saturated heterocycles. The summed E-state index contributed by atoms with van der Waals surface area (Å²) in [6, 6.07) is 14.0. The molecule has 0 bridgehead atoms. The molecule has 5 heteroatoms. The number of hydrogen-bond acceptors (Lipinski definition) is 4. The molecular weight excluding hydrogens is 322 g/mol. The van der Waals surface area contributed by atoms with Crippen LogP contribution in [0, 0.1) is 0 Å². The van der Waals surface area contributed by atoms with Gasteiger partial charge in [-0.2, -0.15) is 11.8 Å². The second-order valence-corrected chi connectivity index (χ2v) is 6.83. The van der Waals surface area contributed by atoms with Gasteiger partial charge in [-0.1, -0.05) is 30.3 Å². The molecule has 1 unspecified atom stereocenters. The van der Waals surface area contributed by atoms with Gasteiger partial charge in [0.2, 0.25) is 0 Å². The summed E-state index contributed by atoms with van der Waals surface area (Å²) in [7, 11) is 0. The van der Waals surface area contributed by atoms with Crippen LogP contribution in [0.5, 0.6) is 0 Å². The van der Waals surface area contributed by atoms with E-state index in [9.17, 15) is 4.79 Å². The van der Waals surface area contributed by atoms with Crippen molar-refractivity contribution in [3.05, 3.63) is 59.5 Å². The number of thioether (sulfide) groups is 1. The van der Waals surface area contributed by atoms with E-state index in [2.05, 4.69) is 24.3 Å². The van der Waals surface area contributed by atoms with Gasteiger partial charge in [0.15, 0.2) is 5.76 Å². The van der Waals surface area contributed by atoms with Gasteiger partial charge in [0.25, 0.3) is 5.91 Å². The van der Waals surface area contributed by atoms with Gasteiger partial charge in [-0.25, -0.2) is 0 Å². The van der Waals surface area contributed by atoms with Gasteiger partial charge < -0.3 is 14.1 Å². The summed E-state index contributed by atoms with van der Waals surface area (Å²) < 4.78 is 11.5. The molecule has 1 amide bonds. The van der Waals surface area contributed by atoms with Crippen molar-refractivity contribution in [3.8, 4) is 0 Å². The van der Waals surface area contributed by atoms with Gasteiger partial charge in [-0.05, 0) is 36.8 Å². The Bertz CT molecular complexity index is 656. The summed E-state index contributed by atoms with van der Waals surface area (Å²) in [5, 5.41) is 0. The fourth-order valence-electron chi connectivity index (χ4n) is 2.92. The lowest BCUT2D eigenvalue weighted by Gasteiger charge is -2.32. The normalized spacial score (nSPS) is 17.9. The molecule has 0 N–H and O–H groups in total. The third kappa shape index (κ3) is 4.42. The van der Waals surface area contributed by atoms with E-state index in [1.165, 1.54) is 5.56 Å². The predicted octanol–water partition coefficient (Wildman–Crippen LogP) is 3.62. The quantitative estimate of drug-likeness (QED) is 0.802. The van der Waals surface area contributed by atoms with Crippen LogP contribution >= 0.6 is 11.8 Å². The number of furan rings is 1. The molecule has 128 valence electrons. The first-order valence-corrected chi connectivity index (χ1v) is 9.68. The highest BCUT2D eigenvalue weighted by atomic mass is 32.2. The summed E-state index contributed by atoms with van der Waals surface area (Å²) in [4.78, 5) is 14.5. The van der Waals surface area contributed by atoms with Crippen LogP contribution in [0.15, 0.2) is 46.9 Å². The van der Waals surface area contributed by atoms with Crippen molar-refractivity contribution in [2.75, 3.05) is 26.0 Å². The summed E-state index contributed by atoms with van der Waals surface area (Å²) in [5.74, 6) is 2.04. The van der Waals surface area contributed by atoms with Crippen LogP contribution < -0.4 is 0 Å². The Morgan fingerprint density at radius 2 is 2.08 bits per heavy atom. The number of carbonyl (C=O) groups is 1. The summed E-state index contributed by atoms with van der Waals surface area (Å²) in [6.45, 7) is 1.84. The van der Waals surface area contributed by atoms with Crippen molar-refractivity contribution in [1.29, 1.82) is 0 Å². The Hall–Kier alpha value is -1.72. The number of rotatable bonds is 6. The molecule has 0 saturated carbocycles. The number of amides is 1. The minimum atomic E-state index is -0.0321. The van der Waals surface area contributed by atoms with E-state index < -0.39 is 0 Å². The topological polar surface area (TPSA) is 42.7 Å². The molecule has 1 aliphatic rings. The number of ether oxygens (including phenoxy) is 1. The molecule has 4 nitrogen and oxygen atoms in total. The lowest BCUT2D eigenvalue weighted by molar-refractivity contribution is -0.0255. The average molecular weight is 345 g/mol. The van der Waals surface area contributed by atoms with E-state index in [-0.39, 0.29) is 12.0 Å². The van der Waals surface area contributed by atoms with Crippen molar-refractivity contribution in [3.63, 3.8) is 0 Å². The first-order chi connectivity index (χ1) is 11.8. The van der Waals surface area contributed by atoms with Crippen molar-refractivity contribution in [2.45, 2.75) is 24.7 Å². The van der Waals surface area contributed by atoms with Gasteiger partial charge >= 0.3 is 0 Å². The number of nitrogens with zero attached hydrogens (tertiary/aromatic N) is 1. The van der Waals surface area contributed by atoms with E-state index in [1.54, 1.807) is 17.8 Å². The number of morpholine rings is 1. The fourth-order valence-corrected chi connectivity index (χ4v) is 3.36. The van der Waals surface area contributed by atoms with Gasteiger partial charge in [0.05, 0.1) is 18.5 Å².